The Kier molecular flexibility index (Phi) is 14.0. The van der Waals surface area contributed by atoms with E-state index < -0.39 is 13.3 Å². The number of aryl methyl sites for hydroxylation is 2. The van der Waals surface area contributed by atoms with Crippen LogP contribution < -0.4 is 4.40 Å². The first-order valence-corrected chi connectivity index (χ1v) is 31.4. The molecule has 0 aliphatic carbocycles. The van der Waals surface area contributed by atoms with Gasteiger partial charge in [-0.1, -0.05) is 95.8 Å². The van der Waals surface area contributed by atoms with Gasteiger partial charge in [0.25, 0.3) is 0 Å². The Labute approximate surface area is 418 Å². The molecule has 0 saturated heterocycles. The standard InChI is InChI=1S/C42H39N4O.C18H24GeN.Ir/c1-22(2)32-21-28-11-9-10-12-29(28)35(24(5)6)38(32)46-39-34(19-16-27-15-14-26(8)43-37(27)39)44-41(46)31-17-13-25(7)36-30-18-20-33(23(3)4)45-42(30)47-40(31)36;1-14(2)11-16-12-18(15-9-7-6-8-10-15)20-13-17(16)19(3,4)5;/h9-16,18-24H,1-8H3;6-9,12-14H,11H2,1-5H3;/q2*-1;. The van der Waals surface area contributed by atoms with Gasteiger partial charge in [0.05, 0.1) is 28.0 Å². The van der Waals surface area contributed by atoms with Crippen LogP contribution in [0, 0.1) is 31.9 Å². The molecular weight excluding hydrogens is 1070 g/mol. The zero-order valence-corrected chi connectivity index (χ0v) is 46.4. The quantitative estimate of drug-likeness (QED) is 0.106. The van der Waals surface area contributed by atoms with Crippen LogP contribution in [0.3, 0.4) is 0 Å². The van der Waals surface area contributed by atoms with E-state index in [4.69, 9.17) is 24.4 Å². The molecule has 0 saturated carbocycles. The average molecular weight is 1140 g/mol. The SMILES string of the molecule is CC(C)Cc1cc(-c2[c-]cccc2)nc[c]1[Ge]([CH3])([CH3])[CH3].Cc1ccc2ccc3nc(-c4[c-]cc(C)c5c4oc4nc(C(C)C)ccc45)n(-c4c(C(C)C)cc5ccccc5c4C(C)C)c3c2n1.[Ir]. The fourth-order valence-corrected chi connectivity index (χ4v) is 13.1. The molecule has 1 radical (unpaired) electrons. The number of furan rings is 1. The first kappa shape index (κ1) is 49.0. The van der Waals surface area contributed by atoms with Gasteiger partial charge in [-0.2, -0.15) is 0 Å². The van der Waals surface area contributed by atoms with Crippen molar-refractivity contribution in [3.05, 3.63) is 155 Å². The number of hydrogen-bond donors (Lipinski definition) is 0. The molecule has 8 heteroatoms. The van der Waals surface area contributed by atoms with Crippen LogP contribution in [0.25, 0.3) is 83.1 Å². The van der Waals surface area contributed by atoms with Crippen molar-refractivity contribution in [3.63, 3.8) is 0 Å². The molecule has 0 N–H and O–H groups in total. The Morgan fingerprint density at radius 1 is 0.721 bits per heavy atom. The summed E-state index contributed by atoms with van der Waals surface area (Å²) < 4.78 is 10.6. The van der Waals surface area contributed by atoms with Gasteiger partial charge in [-0.15, -0.1) is 17.7 Å². The van der Waals surface area contributed by atoms with Crippen molar-refractivity contribution in [3.8, 4) is 28.3 Å². The maximum Gasteiger partial charge on any atom is 0.216 e. The minimum absolute atomic E-state index is 0. The molecule has 68 heavy (non-hydrogen) atoms. The molecule has 349 valence electrons. The van der Waals surface area contributed by atoms with Crippen molar-refractivity contribution in [2.45, 2.75) is 111 Å². The van der Waals surface area contributed by atoms with Gasteiger partial charge in [-0.25, -0.2) is 4.98 Å². The van der Waals surface area contributed by atoms with Crippen LogP contribution in [-0.2, 0) is 26.5 Å². The molecule has 0 aliphatic heterocycles. The largest absolute Gasteiger partial charge is 0.486 e. The van der Waals surface area contributed by atoms with Gasteiger partial charge in [-0.3, -0.25) is 9.97 Å². The van der Waals surface area contributed by atoms with Crippen LogP contribution in [-0.4, -0.2) is 37.8 Å². The maximum absolute atomic E-state index is 6.72. The van der Waals surface area contributed by atoms with Gasteiger partial charge in [0.15, 0.2) is 0 Å². The minimum atomic E-state index is -1.86. The molecule has 0 amide bonds. The van der Waals surface area contributed by atoms with Gasteiger partial charge in [0, 0.05) is 48.0 Å². The monoisotopic (exact) mass is 1140 g/mol. The smallest absolute Gasteiger partial charge is 0.216 e. The predicted molar refractivity (Wildman–Crippen MR) is 285 cm³/mol. The first-order chi connectivity index (χ1) is 32.0. The summed E-state index contributed by atoms with van der Waals surface area (Å²) in [4.78, 5) is 20.2. The molecule has 5 aromatic carbocycles. The molecule has 10 rings (SSSR count). The van der Waals surface area contributed by atoms with Gasteiger partial charge < -0.3 is 8.98 Å². The molecule has 0 spiro atoms. The number of pyridine rings is 3. The van der Waals surface area contributed by atoms with Crippen molar-refractivity contribution < 1.29 is 24.5 Å². The summed E-state index contributed by atoms with van der Waals surface area (Å²) in [6, 6.07) is 43.2. The number of rotatable bonds is 9. The molecule has 0 unspecified atom stereocenters. The Morgan fingerprint density at radius 2 is 1.47 bits per heavy atom. The summed E-state index contributed by atoms with van der Waals surface area (Å²) in [5, 5.41) is 5.66. The van der Waals surface area contributed by atoms with Crippen LogP contribution >= 0.6 is 0 Å². The topological polar surface area (TPSA) is 69.6 Å². The van der Waals surface area contributed by atoms with E-state index in [0.717, 1.165) is 84.3 Å². The second-order valence-corrected chi connectivity index (χ2v) is 31.3. The fraction of sp³-hybridized carbons (Fsp3) is 0.300. The second kappa shape index (κ2) is 19.5. The minimum Gasteiger partial charge on any atom is -0.486 e. The zero-order chi connectivity index (χ0) is 47.5. The Hall–Kier alpha value is -5.47. The summed E-state index contributed by atoms with van der Waals surface area (Å²) in [6.45, 7) is 22.2. The number of benzene rings is 5. The van der Waals surface area contributed by atoms with Crippen LogP contribution in [0.4, 0.5) is 0 Å². The number of hydrogen-bond acceptors (Lipinski definition) is 5. The summed E-state index contributed by atoms with van der Waals surface area (Å²) in [6.07, 6.45) is 3.27. The van der Waals surface area contributed by atoms with Gasteiger partial charge in [0.2, 0.25) is 5.71 Å². The van der Waals surface area contributed by atoms with E-state index in [-0.39, 0.29) is 31.9 Å². The molecule has 0 fully saturated rings. The van der Waals surface area contributed by atoms with E-state index in [9.17, 15) is 0 Å². The Bertz CT molecular complexity index is 3470. The van der Waals surface area contributed by atoms with Crippen molar-refractivity contribution in [2.24, 2.45) is 5.92 Å². The molecule has 0 bridgehead atoms. The molecular formula is C60H63GeIrN5O-2. The van der Waals surface area contributed by atoms with Crippen molar-refractivity contribution in [1.82, 2.24) is 24.5 Å². The Morgan fingerprint density at radius 3 is 2.16 bits per heavy atom. The van der Waals surface area contributed by atoms with Crippen LogP contribution in [0.1, 0.15) is 107 Å². The summed E-state index contributed by atoms with van der Waals surface area (Å²) in [7, 11) is 0. The third-order valence-electron chi connectivity index (χ3n) is 13.0. The second-order valence-electron chi connectivity index (χ2n) is 20.7. The van der Waals surface area contributed by atoms with Crippen molar-refractivity contribution >= 4 is 72.4 Å². The van der Waals surface area contributed by atoms with Gasteiger partial charge in [-0.05, 0) is 76.9 Å². The third kappa shape index (κ3) is 9.22. The summed E-state index contributed by atoms with van der Waals surface area (Å²) in [5.74, 6) is 9.59. The third-order valence-corrected chi connectivity index (χ3v) is 17.3. The van der Waals surface area contributed by atoms with Gasteiger partial charge >= 0.3 is 126 Å². The maximum atomic E-state index is 6.72. The predicted octanol–water partition coefficient (Wildman–Crippen LogP) is 15.8. The van der Waals surface area contributed by atoms with E-state index in [1.54, 1.807) is 4.40 Å². The van der Waals surface area contributed by atoms with Crippen LogP contribution in [0.2, 0.25) is 17.3 Å². The molecule has 5 heterocycles. The fourth-order valence-electron chi connectivity index (χ4n) is 9.74. The first-order valence-electron chi connectivity index (χ1n) is 24.1. The zero-order valence-electron chi connectivity index (χ0n) is 41.9. The summed E-state index contributed by atoms with van der Waals surface area (Å²) >= 11 is -1.86. The van der Waals surface area contributed by atoms with Crippen LogP contribution in [0.5, 0.6) is 0 Å². The van der Waals surface area contributed by atoms with E-state index >= 15 is 0 Å². The van der Waals surface area contributed by atoms with E-state index in [2.05, 4.69) is 194 Å². The van der Waals surface area contributed by atoms with E-state index in [1.807, 2.05) is 18.2 Å². The molecule has 6 nitrogen and oxygen atoms in total. The molecule has 0 atom stereocenters. The normalized spacial score (nSPS) is 12.1. The number of aromatic nitrogens is 5. The molecule has 5 aromatic heterocycles. The summed E-state index contributed by atoms with van der Waals surface area (Å²) in [5.41, 5.74) is 15.5. The average Bonchev–Trinajstić information content (AvgIpc) is 3.88. The molecule has 10 aromatic rings. The number of imidazole rings is 1. The van der Waals surface area contributed by atoms with Gasteiger partial charge in [0.1, 0.15) is 0 Å². The van der Waals surface area contributed by atoms with Crippen molar-refractivity contribution in [1.29, 1.82) is 0 Å². The van der Waals surface area contributed by atoms with E-state index in [1.165, 1.54) is 33.2 Å². The number of fused-ring (bicyclic) bond motifs is 7. The Balaban J connectivity index is 0.000000251. The molecule has 0 aliphatic rings. The van der Waals surface area contributed by atoms with Crippen molar-refractivity contribution in [2.75, 3.05) is 0 Å². The number of nitrogens with zero attached hydrogens (tertiary/aromatic N) is 5. The van der Waals surface area contributed by atoms with E-state index in [0.29, 0.717) is 17.5 Å². The van der Waals surface area contributed by atoms with Crippen LogP contribution in [0.15, 0.2) is 114 Å².